The highest BCUT2D eigenvalue weighted by atomic mass is 32.2. The molecule has 1 fully saturated rings. The van der Waals surface area contributed by atoms with Gasteiger partial charge in [-0.3, -0.25) is 9.69 Å². The van der Waals surface area contributed by atoms with Crippen molar-refractivity contribution in [2.75, 3.05) is 6.54 Å². The molecule has 1 amide bonds. The highest BCUT2D eigenvalue weighted by Crippen LogP contribution is 2.32. The van der Waals surface area contributed by atoms with Crippen LogP contribution in [0.1, 0.15) is 24.4 Å². The predicted molar refractivity (Wildman–Crippen MR) is 77.6 cm³/mol. The molecule has 1 aromatic heterocycles. The molecule has 1 aliphatic heterocycles. The number of thioether (sulfide) groups is 1. The minimum absolute atomic E-state index is 0.0898. The summed E-state index contributed by atoms with van der Waals surface area (Å²) in [5.41, 5.74) is 0. The van der Waals surface area contributed by atoms with E-state index < -0.39 is 5.97 Å². The summed E-state index contributed by atoms with van der Waals surface area (Å²) in [5.74, 6) is 0.0165. The average molecular weight is 310 g/mol. The molecule has 5 nitrogen and oxygen atoms in total. The van der Waals surface area contributed by atoms with E-state index >= 15 is 0 Å². The Bertz CT molecular complexity index is 591. The Morgan fingerprint density at radius 3 is 2.90 bits per heavy atom. The number of carbonyl (C=O) groups excluding carboxylic acids is 2. The van der Waals surface area contributed by atoms with E-state index in [9.17, 15) is 14.7 Å². The molecule has 0 aromatic carbocycles. The van der Waals surface area contributed by atoms with Gasteiger partial charge in [0.2, 0.25) is 0 Å². The summed E-state index contributed by atoms with van der Waals surface area (Å²) in [6, 6.07) is 3.59. The summed E-state index contributed by atoms with van der Waals surface area (Å²) >= 11 is 6.32. The van der Waals surface area contributed by atoms with Gasteiger partial charge in [-0.05, 0) is 31.9 Å². The summed E-state index contributed by atoms with van der Waals surface area (Å²) in [5, 5.41) is 10.4. The van der Waals surface area contributed by atoms with Gasteiger partial charge in [-0.25, -0.2) is 0 Å². The largest absolute Gasteiger partial charge is 0.550 e. The van der Waals surface area contributed by atoms with Crippen LogP contribution in [0.25, 0.3) is 6.08 Å². The Balaban J connectivity index is 2.04. The van der Waals surface area contributed by atoms with Crippen molar-refractivity contribution in [1.82, 2.24) is 4.90 Å². The van der Waals surface area contributed by atoms with Crippen molar-refractivity contribution >= 4 is 46.3 Å². The lowest BCUT2D eigenvalue weighted by Crippen LogP contribution is -2.30. The van der Waals surface area contributed by atoms with Crippen molar-refractivity contribution in [2.45, 2.75) is 19.8 Å². The van der Waals surface area contributed by atoms with Crippen molar-refractivity contribution in [3.63, 3.8) is 0 Å². The highest BCUT2D eigenvalue weighted by molar-refractivity contribution is 8.26. The van der Waals surface area contributed by atoms with E-state index in [2.05, 4.69) is 0 Å². The summed E-state index contributed by atoms with van der Waals surface area (Å²) in [6.45, 7) is 2.11. The fourth-order valence-corrected chi connectivity index (χ4v) is 3.02. The molecule has 7 heteroatoms. The van der Waals surface area contributed by atoms with Crippen LogP contribution in [-0.4, -0.2) is 27.6 Å². The second kappa shape index (κ2) is 6.23. The summed E-state index contributed by atoms with van der Waals surface area (Å²) in [6.07, 6.45) is 1.88. The van der Waals surface area contributed by atoms with E-state index in [1.165, 1.54) is 16.7 Å². The van der Waals surface area contributed by atoms with Gasteiger partial charge in [-0.15, -0.1) is 0 Å². The molecule has 0 bridgehead atoms. The van der Waals surface area contributed by atoms with E-state index in [4.69, 9.17) is 16.6 Å². The maximum absolute atomic E-state index is 12.1. The van der Waals surface area contributed by atoms with Gasteiger partial charge in [-0.1, -0.05) is 24.0 Å². The van der Waals surface area contributed by atoms with Crippen LogP contribution in [-0.2, 0) is 9.59 Å². The Hall–Kier alpha value is -1.60. The van der Waals surface area contributed by atoms with Gasteiger partial charge in [0.1, 0.15) is 15.8 Å². The Labute approximate surface area is 125 Å². The molecule has 2 rings (SSSR count). The lowest BCUT2D eigenvalue weighted by atomic mass is 10.3. The first-order valence-corrected chi connectivity index (χ1v) is 7.21. The molecule has 1 aliphatic rings. The summed E-state index contributed by atoms with van der Waals surface area (Å²) < 4.78 is 5.82. The van der Waals surface area contributed by atoms with Crippen molar-refractivity contribution in [3.05, 3.63) is 28.6 Å². The van der Waals surface area contributed by atoms with Crippen LogP contribution in [0, 0.1) is 6.92 Å². The van der Waals surface area contributed by atoms with Crippen LogP contribution in [0.4, 0.5) is 0 Å². The van der Waals surface area contributed by atoms with Gasteiger partial charge in [0.15, 0.2) is 0 Å². The third-order valence-corrected chi connectivity index (χ3v) is 4.05. The smallest absolute Gasteiger partial charge is 0.266 e. The number of thiocarbonyl (C=S) groups is 1. The summed E-state index contributed by atoms with van der Waals surface area (Å²) in [7, 11) is 0. The van der Waals surface area contributed by atoms with Gasteiger partial charge in [0, 0.05) is 18.6 Å². The molecule has 0 N–H and O–H groups in total. The number of aryl methyl sites for hydroxylation is 1. The van der Waals surface area contributed by atoms with E-state index in [0.29, 0.717) is 21.4 Å². The molecule has 0 aliphatic carbocycles. The van der Waals surface area contributed by atoms with Crippen molar-refractivity contribution in [1.29, 1.82) is 0 Å². The fraction of sp³-hybridized carbons (Fsp3) is 0.308. The van der Waals surface area contributed by atoms with Crippen molar-refractivity contribution < 1.29 is 19.1 Å². The van der Waals surface area contributed by atoms with Crippen molar-refractivity contribution in [3.8, 4) is 0 Å². The van der Waals surface area contributed by atoms with Gasteiger partial charge in [0.25, 0.3) is 5.91 Å². The third kappa shape index (κ3) is 3.49. The minimum atomic E-state index is -1.13. The molecule has 0 spiro atoms. The zero-order chi connectivity index (χ0) is 14.7. The van der Waals surface area contributed by atoms with Crippen LogP contribution in [0.5, 0.6) is 0 Å². The molecule has 0 unspecified atom stereocenters. The maximum atomic E-state index is 12.1. The van der Waals surface area contributed by atoms with Crippen molar-refractivity contribution in [2.24, 2.45) is 0 Å². The zero-order valence-corrected chi connectivity index (χ0v) is 12.4. The van der Waals surface area contributed by atoms with E-state index in [0.717, 1.165) is 5.76 Å². The van der Waals surface area contributed by atoms with Gasteiger partial charge < -0.3 is 14.3 Å². The zero-order valence-electron chi connectivity index (χ0n) is 10.8. The number of hydrogen-bond donors (Lipinski definition) is 0. The standard InChI is InChI=1S/C13H13NO4S2/c1-8-4-5-9(18-8)7-10-12(17)14(13(19)20-10)6-2-3-11(15)16/h4-5,7H,2-3,6H2,1H3,(H,15,16)/p-1/b10-7+. The topological polar surface area (TPSA) is 73.6 Å². The number of carboxylic acids is 1. The van der Waals surface area contributed by atoms with E-state index in [1.54, 1.807) is 12.1 Å². The van der Waals surface area contributed by atoms with Crippen LogP contribution in [0.2, 0.25) is 0 Å². The molecule has 0 saturated carbocycles. The number of hydrogen-bond acceptors (Lipinski definition) is 6. The number of furan rings is 1. The number of nitrogens with zero attached hydrogens (tertiary/aromatic N) is 1. The second-order valence-corrected chi connectivity index (χ2v) is 5.93. The van der Waals surface area contributed by atoms with Crippen LogP contribution in [0.3, 0.4) is 0 Å². The lowest BCUT2D eigenvalue weighted by Gasteiger charge is -2.14. The Morgan fingerprint density at radius 2 is 2.30 bits per heavy atom. The number of aliphatic carboxylic acids is 1. The quantitative estimate of drug-likeness (QED) is 0.603. The van der Waals surface area contributed by atoms with E-state index in [-0.39, 0.29) is 18.9 Å². The van der Waals surface area contributed by atoms with Crippen LogP contribution < -0.4 is 5.11 Å². The molecule has 1 saturated heterocycles. The summed E-state index contributed by atoms with van der Waals surface area (Å²) in [4.78, 5) is 24.4. The highest BCUT2D eigenvalue weighted by Gasteiger charge is 2.31. The first-order chi connectivity index (χ1) is 9.47. The lowest BCUT2D eigenvalue weighted by molar-refractivity contribution is -0.305. The average Bonchev–Trinajstić information content (AvgIpc) is 2.88. The van der Waals surface area contributed by atoms with E-state index in [1.807, 2.05) is 13.0 Å². The first-order valence-electron chi connectivity index (χ1n) is 5.99. The number of rotatable bonds is 5. The molecule has 20 heavy (non-hydrogen) atoms. The molecule has 106 valence electrons. The first kappa shape index (κ1) is 14.8. The van der Waals surface area contributed by atoms with Crippen LogP contribution in [0.15, 0.2) is 21.5 Å². The Kier molecular flexibility index (Phi) is 4.61. The van der Waals surface area contributed by atoms with Gasteiger partial charge >= 0.3 is 0 Å². The second-order valence-electron chi connectivity index (χ2n) is 4.26. The Morgan fingerprint density at radius 1 is 1.55 bits per heavy atom. The number of carboxylic acid groups (broad SMARTS) is 1. The molecule has 1 aromatic rings. The molecular formula is C13H12NO4S2-. The van der Waals surface area contributed by atoms with Gasteiger partial charge in [-0.2, -0.15) is 0 Å². The molecule has 0 radical (unpaired) electrons. The molecule has 2 heterocycles. The monoisotopic (exact) mass is 310 g/mol. The molecular weight excluding hydrogens is 298 g/mol. The SMILES string of the molecule is Cc1ccc(/C=C2/SC(=S)N(CCCC(=O)[O-])C2=O)o1. The van der Waals surface area contributed by atoms with Crippen LogP contribution >= 0.6 is 24.0 Å². The normalized spacial score (nSPS) is 17.2. The number of amides is 1. The fourth-order valence-electron chi connectivity index (χ4n) is 1.73. The predicted octanol–water partition coefficient (Wildman–Crippen LogP) is 1.32. The maximum Gasteiger partial charge on any atom is 0.266 e. The minimum Gasteiger partial charge on any atom is -0.550 e. The molecule has 0 atom stereocenters. The number of carbonyl (C=O) groups is 2. The third-order valence-electron chi connectivity index (χ3n) is 2.67. The van der Waals surface area contributed by atoms with Gasteiger partial charge in [0.05, 0.1) is 4.91 Å².